The lowest BCUT2D eigenvalue weighted by Crippen LogP contribution is -2.59. The molecule has 0 saturated carbocycles. The Hall–Kier alpha value is -3.01. The number of terminal acetylenes is 1. The van der Waals surface area contributed by atoms with Gasteiger partial charge in [-0.1, -0.05) is 57.7 Å². The van der Waals surface area contributed by atoms with Crippen molar-refractivity contribution in [1.82, 2.24) is 15.5 Å². The van der Waals surface area contributed by atoms with Crippen molar-refractivity contribution >= 4 is 17.9 Å². The van der Waals surface area contributed by atoms with E-state index in [0.717, 1.165) is 19.3 Å². The second kappa shape index (κ2) is 14.1. The molecule has 0 spiro atoms. The molecule has 1 rings (SSSR count). The lowest BCUT2D eigenvalue weighted by molar-refractivity contribution is -0.148. The first-order valence-corrected chi connectivity index (χ1v) is 13.3. The van der Waals surface area contributed by atoms with Crippen molar-refractivity contribution in [1.29, 1.82) is 0 Å². The number of nitrogens with zero attached hydrogens (tertiary/aromatic N) is 1. The Labute approximate surface area is 224 Å². The van der Waals surface area contributed by atoms with Crippen LogP contribution >= 0.6 is 0 Å². The average molecular weight is 514 g/mol. The summed E-state index contributed by atoms with van der Waals surface area (Å²) in [6.45, 7) is 17.5. The molecule has 206 valence electrons. The molecule has 0 aliphatic carbocycles. The smallest absolute Gasteiger partial charge is 0.408 e. The fraction of sp³-hybridized carbons (Fsp3) is 0.633. The third kappa shape index (κ3) is 10.5. The van der Waals surface area contributed by atoms with Crippen molar-refractivity contribution in [3.05, 3.63) is 35.4 Å². The molecule has 3 amide bonds. The van der Waals surface area contributed by atoms with E-state index in [2.05, 4.69) is 23.5 Å². The van der Waals surface area contributed by atoms with Crippen LogP contribution in [-0.4, -0.2) is 46.5 Å². The minimum atomic E-state index is -0.975. The zero-order valence-corrected chi connectivity index (χ0v) is 24.2. The molecule has 0 aromatic heterocycles. The number of carbonyl (C=O) groups is 3. The van der Waals surface area contributed by atoms with Crippen LogP contribution in [-0.2, 0) is 14.3 Å². The molecule has 0 bridgehead atoms. The maximum atomic E-state index is 14.2. The van der Waals surface area contributed by atoms with E-state index in [1.165, 1.54) is 0 Å². The Morgan fingerprint density at radius 3 is 2.19 bits per heavy atom. The number of carbonyl (C=O) groups excluding carboxylic acids is 3. The molecular weight excluding hydrogens is 466 g/mol. The standard InChI is InChI=1S/C30H47N3O4/c1-11-13-16-19-31-26(34)25(23-18-15-14-17-22(23)12-2)33(29(5,6)7)27(35)24(20-21(3)4)32-28(36)37-30(8,9)10/h2,14-15,17-18,21,24-25H,11,13,16,19-20H2,1,3-10H3,(H,31,34)(H,32,36). The molecule has 2 atom stereocenters. The number of benzene rings is 1. The van der Waals surface area contributed by atoms with Gasteiger partial charge in [0.05, 0.1) is 0 Å². The van der Waals surface area contributed by atoms with Gasteiger partial charge in [-0.05, 0) is 71.9 Å². The highest BCUT2D eigenvalue weighted by Crippen LogP contribution is 2.32. The molecule has 0 saturated heterocycles. The fourth-order valence-corrected chi connectivity index (χ4v) is 4.10. The highest BCUT2D eigenvalue weighted by molar-refractivity contribution is 5.93. The number of unbranched alkanes of at least 4 members (excludes halogenated alkanes) is 2. The topological polar surface area (TPSA) is 87.7 Å². The first-order chi connectivity index (χ1) is 17.1. The van der Waals surface area contributed by atoms with E-state index in [4.69, 9.17) is 11.2 Å². The number of alkyl carbamates (subject to hydrolysis) is 1. The Morgan fingerprint density at radius 2 is 1.68 bits per heavy atom. The Kier molecular flexibility index (Phi) is 12.2. The van der Waals surface area contributed by atoms with Gasteiger partial charge < -0.3 is 20.3 Å². The minimum absolute atomic E-state index is 0.102. The minimum Gasteiger partial charge on any atom is -0.444 e. The quantitative estimate of drug-likeness (QED) is 0.299. The van der Waals surface area contributed by atoms with Crippen LogP contribution in [0.3, 0.4) is 0 Å². The van der Waals surface area contributed by atoms with Gasteiger partial charge in [0.1, 0.15) is 17.7 Å². The van der Waals surface area contributed by atoms with Gasteiger partial charge in [0, 0.05) is 17.6 Å². The molecule has 0 radical (unpaired) electrons. The maximum absolute atomic E-state index is 14.2. The number of nitrogens with one attached hydrogen (secondary N) is 2. The molecule has 0 aliphatic rings. The zero-order valence-electron chi connectivity index (χ0n) is 24.2. The summed E-state index contributed by atoms with van der Waals surface area (Å²) in [5, 5.41) is 5.78. The van der Waals surface area contributed by atoms with Crippen LogP contribution in [0, 0.1) is 18.3 Å². The Balaban J connectivity index is 3.58. The number of amides is 3. The molecule has 37 heavy (non-hydrogen) atoms. The van der Waals surface area contributed by atoms with Crippen molar-refractivity contribution < 1.29 is 19.1 Å². The van der Waals surface area contributed by atoms with Crippen molar-refractivity contribution in [3.63, 3.8) is 0 Å². The molecule has 2 N–H and O–H groups in total. The zero-order chi connectivity index (χ0) is 28.4. The third-order valence-corrected chi connectivity index (χ3v) is 5.65. The number of ether oxygens (including phenoxy) is 1. The number of hydrogen-bond acceptors (Lipinski definition) is 4. The van der Waals surface area contributed by atoms with E-state index in [-0.39, 0.29) is 17.7 Å². The summed E-state index contributed by atoms with van der Waals surface area (Å²) in [6, 6.07) is 5.31. The highest BCUT2D eigenvalue weighted by Gasteiger charge is 2.42. The van der Waals surface area contributed by atoms with Gasteiger partial charge in [-0.3, -0.25) is 9.59 Å². The third-order valence-electron chi connectivity index (χ3n) is 5.65. The van der Waals surface area contributed by atoms with Crippen LogP contribution in [0.15, 0.2) is 24.3 Å². The largest absolute Gasteiger partial charge is 0.444 e. The molecule has 1 aromatic carbocycles. The molecule has 0 fully saturated rings. The predicted molar refractivity (Wildman–Crippen MR) is 149 cm³/mol. The van der Waals surface area contributed by atoms with Gasteiger partial charge >= 0.3 is 6.09 Å². The summed E-state index contributed by atoms with van der Waals surface area (Å²) in [5.41, 5.74) is -0.374. The van der Waals surface area contributed by atoms with E-state index in [0.29, 0.717) is 24.1 Å². The molecule has 7 heteroatoms. The highest BCUT2D eigenvalue weighted by atomic mass is 16.6. The molecule has 7 nitrogen and oxygen atoms in total. The summed E-state index contributed by atoms with van der Waals surface area (Å²) >= 11 is 0. The summed E-state index contributed by atoms with van der Waals surface area (Å²) in [4.78, 5) is 42.2. The lowest BCUT2D eigenvalue weighted by atomic mass is 9.91. The molecule has 2 unspecified atom stereocenters. The van der Waals surface area contributed by atoms with Gasteiger partial charge in [0.15, 0.2) is 0 Å². The van der Waals surface area contributed by atoms with E-state index in [1.807, 2.05) is 46.8 Å². The predicted octanol–water partition coefficient (Wildman–Crippen LogP) is 5.58. The Bertz CT molecular complexity index is 951. The summed E-state index contributed by atoms with van der Waals surface area (Å²) in [7, 11) is 0. The molecular formula is C30H47N3O4. The second-order valence-electron chi connectivity index (χ2n) is 11.8. The van der Waals surface area contributed by atoms with Crippen LogP contribution in [0.5, 0.6) is 0 Å². The van der Waals surface area contributed by atoms with Crippen LogP contribution in [0.1, 0.15) is 105 Å². The van der Waals surface area contributed by atoms with Gasteiger partial charge in [-0.25, -0.2) is 4.79 Å². The van der Waals surface area contributed by atoms with Crippen LogP contribution in [0.2, 0.25) is 0 Å². The van der Waals surface area contributed by atoms with Gasteiger partial charge in [0.25, 0.3) is 0 Å². The van der Waals surface area contributed by atoms with Crippen molar-refractivity contribution in [2.24, 2.45) is 5.92 Å². The Morgan fingerprint density at radius 1 is 1.05 bits per heavy atom. The lowest BCUT2D eigenvalue weighted by Gasteiger charge is -2.43. The molecule has 0 aliphatic heterocycles. The van der Waals surface area contributed by atoms with Gasteiger partial charge in [-0.15, -0.1) is 6.42 Å². The second-order valence-corrected chi connectivity index (χ2v) is 11.8. The van der Waals surface area contributed by atoms with Crippen molar-refractivity contribution in [3.8, 4) is 12.3 Å². The van der Waals surface area contributed by atoms with Crippen molar-refractivity contribution in [2.45, 2.75) is 111 Å². The van der Waals surface area contributed by atoms with Gasteiger partial charge in [-0.2, -0.15) is 0 Å². The first-order valence-electron chi connectivity index (χ1n) is 13.3. The summed E-state index contributed by atoms with van der Waals surface area (Å²) in [5.74, 6) is 2.10. The van der Waals surface area contributed by atoms with Crippen LogP contribution in [0.4, 0.5) is 4.79 Å². The fourth-order valence-electron chi connectivity index (χ4n) is 4.10. The number of hydrogen-bond donors (Lipinski definition) is 2. The van der Waals surface area contributed by atoms with Crippen LogP contribution in [0.25, 0.3) is 0 Å². The molecule has 1 aromatic rings. The van der Waals surface area contributed by atoms with E-state index in [1.54, 1.807) is 37.8 Å². The normalized spacial score (nSPS) is 13.3. The SMILES string of the molecule is C#Cc1ccccc1C(C(=O)NCCCCC)N(C(=O)C(CC(C)C)NC(=O)OC(C)(C)C)C(C)(C)C. The van der Waals surface area contributed by atoms with E-state index >= 15 is 0 Å². The average Bonchev–Trinajstić information content (AvgIpc) is 2.76. The number of rotatable bonds is 11. The molecule has 0 heterocycles. The monoisotopic (exact) mass is 513 g/mol. The maximum Gasteiger partial charge on any atom is 0.408 e. The summed E-state index contributed by atoms with van der Waals surface area (Å²) < 4.78 is 5.44. The summed E-state index contributed by atoms with van der Waals surface area (Å²) in [6.07, 6.45) is 8.37. The van der Waals surface area contributed by atoms with Crippen molar-refractivity contribution in [2.75, 3.05) is 6.54 Å². The van der Waals surface area contributed by atoms with E-state index in [9.17, 15) is 14.4 Å². The van der Waals surface area contributed by atoms with Crippen LogP contribution < -0.4 is 10.6 Å². The van der Waals surface area contributed by atoms with E-state index < -0.39 is 29.3 Å². The first kappa shape index (κ1) is 32.0. The van der Waals surface area contributed by atoms with Gasteiger partial charge in [0.2, 0.25) is 11.8 Å².